The molecule has 2 N–H and O–H groups in total. The lowest BCUT2D eigenvalue weighted by Crippen LogP contribution is -2.17. The van der Waals surface area contributed by atoms with E-state index in [4.69, 9.17) is 9.47 Å². The number of rotatable bonds is 10. The molecular weight excluding hydrogens is 416 g/mol. The number of hydrogen-bond acceptors (Lipinski definition) is 4. The number of benzene rings is 3. The van der Waals surface area contributed by atoms with E-state index in [2.05, 4.69) is 10.6 Å². The van der Waals surface area contributed by atoms with Gasteiger partial charge in [0.1, 0.15) is 11.5 Å². The molecule has 0 radical (unpaired) electrons. The number of nitrogens with one attached hydrogen (secondary N) is 2. The summed E-state index contributed by atoms with van der Waals surface area (Å²) in [5.41, 5.74) is 2.62. The van der Waals surface area contributed by atoms with Gasteiger partial charge in [-0.1, -0.05) is 55.5 Å². The van der Waals surface area contributed by atoms with Crippen molar-refractivity contribution in [2.75, 3.05) is 23.8 Å². The first-order valence-electron chi connectivity index (χ1n) is 11.2. The van der Waals surface area contributed by atoms with Crippen molar-refractivity contribution in [3.8, 4) is 11.5 Å². The molecule has 0 fully saturated rings. The summed E-state index contributed by atoms with van der Waals surface area (Å²) in [7, 11) is 0. The van der Waals surface area contributed by atoms with E-state index in [9.17, 15) is 9.59 Å². The van der Waals surface area contributed by atoms with Gasteiger partial charge in [-0.25, -0.2) is 0 Å². The Kier molecular flexibility index (Phi) is 8.47. The molecule has 0 aliphatic heterocycles. The van der Waals surface area contributed by atoms with Gasteiger partial charge >= 0.3 is 0 Å². The number of carbonyl (C=O) groups is 2. The van der Waals surface area contributed by atoms with Crippen LogP contribution in [0.2, 0.25) is 0 Å². The topological polar surface area (TPSA) is 76.7 Å². The van der Waals surface area contributed by atoms with Crippen LogP contribution < -0.4 is 20.1 Å². The molecule has 0 spiro atoms. The lowest BCUT2D eigenvalue weighted by atomic mass is 9.97. The summed E-state index contributed by atoms with van der Waals surface area (Å²) in [5, 5.41) is 5.84. The fourth-order valence-corrected chi connectivity index (χ4v) is 3.47. The van der Waals surface area contributed by atoms with Crippen molar-refractivity contribution in [1.82, 2.24) is 0 Å². The minimum Gasteiger partial charge on any atom is -0.492 e. The molecular formula is C27H30N2O4. The van der Waals surface area contributed by atoms with Crippen LogP contribution >= 0.6 is 0 Å². The Morgan fingerprint density at radius 2 is 1.30 bits per heavy atom. The second kappa shape index (κ2) is 11.7. The maximum atomic E-state index is 12.8. The van der Waals surface area contributed by atoms with E-state index in [1.165, 1.54) is 0 Å². The monoisotopic (exact) mass is 446 g/mol. The largest absolute Gasteiger partial charge is 0.492 e. The summed E-state index contributed by atoms with van der Waals surface area (Å²) in [6, 6.07) is 22.2. The third kappa shape index (κ3) is 6.59. The molecule has 0 aliphatic carbocycles. The van der Waals surface area contributed by atoms with Gasteiger partial charge in [0.2, 0.25) is 5.91 Å². The number of carbonyl (C=O) groups excluding carboxylic acids is 2. The van der Waals surface area contributed by atoms with E-state index in [-0.39, 0.29) is 17.7 Å². The van der Waals surface area contributed by atoms with Crippen LogP contribution in [0.3, 0.4) is 0 Å². The van der Waals surface area contributed by atoms with Gasteiger partial charge < -0.3 is 20.1 Å². The van der Waals surface area contributed by atoms with E-state index in [0.717, 1.165) is 5.56 Å². The second-order valence-electron chi connectivity index (χ2n) is 7.59. The third-order valence-electron chi connectivity index (χ3n) is 5.10. The van der Waals surface area contributed by atoms with Crippen LogP contribution in [-0.4, -0.2) is 25.0 Å². The standard InChI is InChI=1S/C27H30N2O4/c1-4-32-24-18-23(29-27(31)21-14-10-7-11-15-21)25(33-5-2)17-22(24)28-26(30)16-19(3)20-12-8-6-9-13-20/h6-15,17-19H,4-5,16H2,1-3H3,(H,28,30)(H,29,31). The highest BCUT2D eigenvalue weighted by molar-refractivity contribution is 6.05. The van der Waals surface area contributed by atoms with Gasteiger partial charge in [0.15, 0.2) is 0 Å². The van der Waals surface area contributed by atoms with Gasteiger partial charge in [0.25, 0.3) is 5.91 Å². The summed E-state index contributed by atoms with van der Waals surface area (Å²) in [6.45, 7) is 6.55. The van der Waals surface area contributed by atoms with E-state index in [0.29, 0.717) is 48.1 Å². The highest BCUT2D eigenvalue weighted by Crippen LogP contribution is 2.37. The molecule has 2 amide bonds. The molecule has 0 aromatic heterocycles. The Morgan fingerprint density at radius 1 is 0.788 bits per heavy atom. The van der Waals surface area contributed by atoms with Crippen molar-refractivity contribution in [2.45, 2.75) is 33.1 Å². The van der Waals surface area contributed by atoms with Gasteiger partial charge in [-0.2, -0.15) is 0 Å². The molecule has 3 rings (SSSR count). The molecule has 3 aromatic rings. The van der Waals surface area contributed by atoms with Crippen LogP contribution in [0.25, 0.3) is 0 Å². The normalized spacial score (nSPS) is 11.4. The van der Waals surface area contributed by atoms with Gasteiger partial charge in [0, 0.05) is 24.1 Å². The lowest BCUT2D eigenvalue weighted by Gasteiger charge is -2.18. The Hall–Kier alpha value is -3.80. The summed E-state index contributed by atoms with van der Waals surface area (Å²) in [4.78, 5) is 25.5. The van der Waals surface area contributed by atoms with E-state index >= 15 is 0 Å². The van der Waals surface area contributed by atoms with Gasteiger partial charge in [-0.3, -0.25) is 9.59 Å². The molecule has 172 valence electrons. The summed E-state index contributed by atoms with van der Waals surface area (Å²) < 4.78 is 11.5. The Labute approximate surface area is 194 Å². The van der Waals surface area contributed by atoms with Crippen molar-refractivity contribution in [3.05, 3.63) is 83.9 Å². The van der Waals surface area contributed by atoms with Crippen molar-refractivity contribution in [2.24, 2.45) is 0 Å². The molecule has 0 saturated heterocycles. The van der Waals surface area contributed by atoms with E-state index in [1.807, 2.05) is 57.2 Å². The molecule has 1 unspecified atom stereocenters. The maximum Gasteiger partial charge on any atom is 0.255 e. The first kappa shape index (κ1) is 23.9. The van der Waals surface area contributed by atoms with Gasteiger partial charge in [-0.15, -0.1) is 0 Å². The van der Waals surface area contributed by atoms with Crippen LogP contribution in [0, 0.1) is 0 Å². The average Bonchev–Trinajstić information content (AvgIpc) is 2.83. The number of hydrogen-bond donors (Lipinski definition) is 2. The van der Waals surface area contributed by atoms with Gasteiger partial charge in [-0.05, 0) is 37.5 Å². The third-order valence-corrected chi connectivity index (χ3v) is 5.10. The molecule has 6 nitrogen and oxygen atoms in total. The predicted octanol–water partition coefficient (Wildman–Crippen LogP) is 5.87. The van der Waals surface area contributed by atoms with Crippen molar-refractivity contribution < 1.29 is 19.1 Å². The molecule has 0 bridgehead atoms. The Balaban J connectivity index is 1.82. The molecule has 0 aliphatic rings. The fourth-order valence-electron chi connectivity index (χ4n) is 3.47. The summed E-state index contributed by atoms with van der Waals surface area (Å²) in [5.74, 6) is 0.600. The van der Waals surface area contributed by atoms with Crippen molar-refractivity contribution >= 4 is 23.2 Å². The first-order chi connectivity index (χ1) is 16.0. The second-order valence-corrected chi connectivity index (χ2v) is 7.59. The molecule has 33 heavy (non-hydrogen) atoms. The van der Waals surface area contributed by atoms with Crippen LogP contribution in [-0.2, 0) is 4.79 Å². The SMILES string of the molecule is CCOc1cc(NC(=O)c2ccccc2)c(OCC)cc1NC(=O)CC(C)c1ccccc1. The van der Waals surface area contributed by atoms with Crippen LogP contribution in [0.15, 0.2) is 72.8 Å². The lowest BCUT2D eigenvalue weighted by molar-refractivity contribution is -0.116. The van der Waals surface area contributed by atoms with Crippen molar-refractivity contribution in [3.63, 3.8) is 0 Å². The average molecular weight is 447 g/mol. The van der Waals surface area contributed by atoms with Crippen LogP contribution in [0.5, 0.6) is 11.5 Å². The summed E-state index contributed by atoms with van der Waals surface area (Å²) in [6.07, 6.45) is 0.325. The minimum absolute atomic E-state index is 0.0672. The highest BCUT2D eigenvalue weighted by atomic mass is 16.5. The minimum atomic E-state index is -0.257. The molecule has 0 heterocycles. The number of ether oxygens (including phenoxy) is 2. The maximum absolute atomic E-state index is 12.8. The number of amides is 2. The van der Waals surface area contributed by atoms with Gasteiger partial charge in [0.05, 0.1) is 24.6 Å². The Morgan fingerprint density at radius 3 is 1.85 bits per heavy atom. The fraction of sp³-hybridized carbons (Fsp3) is 0.259. The highest BCUT2D eigenvalue weighted by Gasteiger charge is 2.18. The zero-order valence-corrected chi connectivity index (χ0v) is 19.3. The predicted molar refractivity (Wildman–Crippen MR) is 131 cm³/mol. The molecule has 6 heteroatoms. The molecule has 1 atom stereocenters. The molecule has 3 aromatic carbocycles. The Bertz CT molecular complexity index is 1070. The van der Waals surface area contributed by atoms with E-state index < -0.39 is 0 Å². The smallest absolute Gasteiger partial charge is 0.255 e. The van der Waals surface area contributed by atoms with Crippen LogP contribution in [0.1, 0.15) is 49.0 Å². The quantitative estimate of drug-likeness (QED) is 0.408. The van der Waals surface area contributed by atoms with Crippen LogP contribution in [0.4, 0.5) is 11.4 Å². The molecule has 0 saturated carbocycles. The van der Waals surface area contributed by atoms with Crippen molar-refractivity contribution in [1.29, 1.82) is 0 Å². The summed E-state index contributed by atoms with van der Waals surface area (Å²) >= 11 is 0. The van der Waals surface area contributed by atoms with E-state index in [1.54, 1.807) is 36.4 Å². The first-order valence-corrected chi connectivity index (χ1v) is 11.2. The zero-order chi connectivity index (χ0) is 23.6. The zero-order valence-electron chi connectivity index (χ0n) is 19.3. The number of anilines is 2.